The van der Waals surface area contributed by atoms with E-state index in [1.54, 1.807) is 0 Å². The first-order chi connectivity index (χ1) is 6.56. The Labute approximate surface area is 81.1 Å². The van der Waals surface area contributed by atoms with Crippen molar-refractivity contribution in [3.8, 4) is 0 Å². The Hall–Kier alpha value is -1.00. The average Bonchev–Trinajstić information content (AvgIpc) is 2.10. The maximum Gasteiger partial charge on any atom is 0.129 e. The summed E-state index contributed by atoms with van der Waals surface area (Å²) in [5.41, 5.74) is 0.108. The van der Waals surface area contributed by atoms with Crippen LogP contribution in [0.2, 0.25) is 0 Å². The summed E-state index contributed by atoms with van der Waals surface area (Å²) >= 11 is 0. The van der Waals surface area contributed by atoms with E-state index in [1.165, 1.54) is 14.0 Å². The molecular formula is C10H12F2O2. The lowest BCUT2D eigenvalue weighted by atomic mass is 10.1. The van der Waals surface area contributed by atoms with Gasteiger partial charge in [0.2, 0.25) is 0 Å². The van der Waals surface area contributed by atoms with E-state index >= 15 is 0 Å². The van der Waals surface area contributed by atoms with Crippen LogP contribution >= 0.6 is 0 Å². The van der Waals surface area contributed by atoms with Crippen LogP contribution in [0.25, 0.3) is 0 Å². The fourth-order valence-corrected chi connectivity index (χ4v) is 1.19. The van der Waals surface area contributed by atoms with Crippen LogP contribution in [0.15, 0.2) is 12.1 Å². The molecule has 2 nitrogen and oxygen atoms in total. The lowest BCUT2D eigenvalue weighted by Gasteiger charge is -2.09. The minimum Gasteiger partial charge on any atom is -0.389 e. The van der Waals surface area contributed by atoms with Crippen LogP contribution in [0.4, 0.5) is 8.78 Å². The summed E-state index contributed by atoms with van der Waals surface area (Å²) in [5, 5.41) is 9.11. The summed E-state index contributed by atoms with van der Waals surface area (Å²) in [6, 6.07) is 2.04. The molecule has 0 heterocycles. The van der Waals surface area contributed by atoms with Gasteiger partial charge in [0, 0.05) is 18.2 Å². The fourth-order valence-electron chi connectivity index (χ4n) is 1.19. The summed E-state index contributed by atoms with van der Waals surface area (Å²) < 4.78 is 31.1. The predicted molar refractivity (Wildman–Crippen MR) is 47.7 cm³/mol. The summed E-state index contributed by atoms with van der Waals surface area (Å²) in [5.74, 6) is -1.18. The second kappa shape index (κ2) is 4.48. The van der Waals surface area contributed by atoms with Gasteiger partial charge in [0.25, 0.3) is 0 Å². The molecular weight excluding hydrogens is 190 g/mol. The Kier molecular flexibility index (Phi) is 3.55. The first-order valence-electron chi connectivity index (χ1n) is 4.21. The predicted octanol–water partition coefficient (Wildman–Crippen LogP) is 2.16. The zero-order valence-electron chi connectivity index (χ0n) is 8.05. The maximum atomic E-state index is 13.2. The van der Waals surface area contributed by atoms with Crippen molar-refractivity contribution in [3.63, 3.8) is 0 Å². The molecule has 0 bridgehead atoms. The molecule has 1 aromatic rings. The Morgan fingerprint density at radius 2 is 2.00 bits per heavy atom. The largest absolute Gasteiger partial charge is 0.389 e. The van der Waals surface area contributed by atoms with E-state index < -0.39 is 17.7 Å². The molecule has 0 spiro atoms. The Morgan fingerprint density at radius 3 is 2.50 bits per heavy atom. The van der Waals surface area contributed by atoms with Gasteiger partial charge >= 0.3 is 0 Å². The molecule has 1 atom stereocenters. The molecule has 0 saturated heterocycles. The molecule has 1 aromatic carbocycles. The van der Waals surface area contributed by atoms with E-state index in [-0.39, 0.29) is 17.7 Å². The quantitative estimate of drug-likeness (QED) is 0.813. The first kappa shape index (κ1) is 11.1. The number of aliphatic hydroxyl groups is 1. The molecule has 1 N–H and O–H groups in total. The smallest absolute Gasteiger partial charge is 0.129 e. The zero-order valence-corrected chi connectivity index (χ0v) is 8.05. The molecule has 0 radical (unpaired) electrons. The van der Waals surface area contributed by atoms with Crippen molar-refractivity contribution in [1.82, 2.24) is 0 Å². The van der Waals surface area contributed by atoms with Crippen LogP contribution in [0.3, 0.4) is 0 Å². The Morgan fingerprint density at radius 1 is 1.36 bits per heavy atom. The van der Waals surface area contributed by atoms with Gasteiger partial charge in [-0.05, 0) is 19.1 Å². The number of hydrogen-bond acceptors (Lipinski definition) is 2. The molecule has 0 saturated carbocycles. The molecule has 0 aliphatic rings. The minimum absolute atomic E-state index is 0.0167. The monoisotopic (exact) mass is 202 g/mol. The highest BCUT2D eigenvalue weighted by Crippen LogP contribution is 2.21. The van der Waals surface area contributed by atoms with E-state index in [1.807, 2.05) is 0 Å². The molecule has 0 aliphatic carbocycles. The summed E-state index contributed by atoms with van der Waals surface area (Å²) in [7, 11) is 1.40. The lowest BCUT2D eigenvalue weighted by Crippen LogP contribution is -2.01. The van der Waals surface area contributed by atoms with Crippen molar-refractivity contribution in [2.75, 3.05) is 7.11 Å². The van der Waals surface area contributed by atoms with Crippen LogP contribution in [0, 0.1) is 11.6 Å². The van der Waals surface area contributed by atoms with Gasteiger partial charge in [-0.3, -0.25) is 0 Å². The highest BCUT2D eigenvalue weighted by Gasteiger charge is 2.12. The van der Waals surface area contributed by atoms with E-state index in [0.29, 0.717) is 0 Å². The highest BCUT2D eigenvalue weighted by molar-refractivity contribution is 5.27. The fraction of sp³-hybridized carbons (Fsp3) is 0.400. The van der Waals surface area contributed by atoms with Crippen molar-refractivity contribution in [3.05, 3.63) is 34.9 Å². The maximum absolute atomic E-state index is 13.2. The van der Waals surface area contributed by atoms with Crippen LogP contribution < -0.4 is 0 Å². The molecule has 0 aliphatic heterocycles. The van der Waals surface area contributed by atoms with Crippen molar-refractivity contribution >= 4 is 0 Å². The number of aliphatic hydroxyl groups excluding tert-OH is 1. The number of halogens is 2. The van der Waals surface area contributed by atoms with Gasteiger partial charge in [-0.15, -0.1) is 0 Å². The van der Waals surface area contributed by atoms with Crippen LogP contribution in [-0.4, -0.2) is 12.2 Å². The second-order valence-electron chi connectivity index (χ2n) is 3.07. The third kappa shape index (κ3) is 2.27. The Balaban J connectivity index is 3.10. The molecule has 0 aromatic heterocycles. The average molecular weight is 202 g/mol. The van der Waals surface area contributed by atoms with Crippen molar-refractivity contribution in [2.45, 2.75) is 19.6 Å². The molecule has 0 amide bonds. The lowest BCUT2D eigenvalue weighted by molar-refractivity contribution is 0.179. The van der Waals surface area contributed by atoms with E-state index in [9.17, 15) is 8.78 Å². The molecule has 1 unspecified atom stereocenters. The number of ether oxygens (including phenoxy) is 1. The van der Waals surface area contributed by atoms with Crippen LogP contribution in [0.1, 0.15) is 24.2 Å². The second-order valence-corrected chi connectivity index (χ2v) is 3.07. The third-order valence-electron chi connectivity index (χ3n) is 1.92. The van der Waals surface area contributed by atoms with Gasteiger partial charge < -0.3 is 9.84 Å². The van der Waals surface area contributed by atoms with E-state index in [4.69, 9.17) is 9.84 Å². The minimum atomic E-state index is -1.01. The Bertz CT molecular complexity index is 324. The topological polar surface area (TPSA) is 29.5 Å². The normalized spacial score (nSPS) is 12.9. The van der Waals surface area contributed by atoms with Gasteiger partial charge in [0.15, 0.2) is 0 Å². The highest BCUT2D eigenvalue weighted by atomic mass is 19.1. The number of benzene rings is 1. The van der Waals surface area contributed by atoms with Crippen molar-refractivity contribution in [2.24, 2.45) is 0 Å². The summed E-state index contributed by atoms with van der Waals surface area (Å²) in [6.45, 7) is 1.40. The van der Waals surface area contributed by atoms with Gasteiger partial charge in [-0.1, -0.05) is 0 Å². The van der Waals surface area contributed by atoms with Gasteiger partial charge in [-0.25, -0.2) is 8.78 Å². The van der Waals surface area contributed by atoms with E-state index in [2.05, 4.69) is 0 Å². The van der Waals surface area contributed by atoms with Gasteiger partial charge in [0.05, 0.1) is 12.7 Å². The molecule has 1 rings (SSSR count). The first-order valence-corrected chi connectivity index (χ1v) is 4.21. The van der Waals surface area contributed by atoms with Crippen LogP contribution in [-0.2, 0) is 11.3 Å². The zero-order chi connectivity index (χ0) is 10.7. The summed E-state index contributed by atoms with van der Waals surface area (Å²) in [4.78, 5) is 0. The van der Waals surface area contributed by atoms with Crippen molar-refractivity contribution in [1.29, 1.82) is 0 Å². The SMILES string of the molecule is COCc1cc(F)c(C(C)O)cc1F. The number of methoxy groups -OCH3 is 1. The molecule has 0 fully saturated rings. The number of hydrogen-bond donors (Lipinski definition) is 1. The van der Waals surface area contributed by atoms with Crippen LogP contribution in [0.5, 0.6) is 0 Å². The standard InChI is InChI=1S/C10H12F2O2/c1-6(13)8-4-9(11)7(5-14-2)3-10(8)12/h3-4,6,13H,5H2,1-2H3. The molecule has 78 valence electrons. The van der Waals surface area contributed by atoms with Gasteiger partial charge in [0.1, 0.15) is 11.6 Å². The van der Waals surface area contributed by atoms with E-state index in [0.717, 1.165) is 12.1 Å². The number of rotatable bonds is 3. The van der Waals surface area contributed by atoms with Gasteiger partial charge in [-0.2, -0.15) is 0 Å². The third-order valence-corrected chi connectivity index (χ3v) is 1.92. The summed E-state index contributed by atoms with van der Waals surface area (Å²) in [6.07, 6.45) is -1.01. The van der Waals surface area contributed by atoms with Crippen molar-refractivity contribution < 1.29 is 18.6 Å². The molecule has 4 heteroatoms. The molecule has 14 heavy (non-hydrogen) atoms.